The number of aliphatic hydroxyl groups is 1. The van der Waals surface area contributed by atoms with E-state index in [-0.39, 0.29) is 22.8 Å². The third-order valence-corrected chi connectivity index (χ3v) is 22.3. The van der Waals surface area contributed by atoms with Crippen LogP contribution in [0.1, 0.15) is 140 Å². The third-order valence-electron chi connectivity index (χ3n) is 12.9. The molecule has 3 aliphatic rings. The smallest absolute Gasteiger partial charge is 0.192 e. The molecule has 3 aliphatic carbocycles. The zero-order valence-corrected chi connectivity index (χ0v) is 32.7. The molecular weight excluding hydrogens is 561 g/mol. The summed E-state index contributed by atoms with van der Waals surface area (Å²) >= 11 is 0. The summed E-state index contributed by atoms with van der Waals surface area (Å²) in [6, 6.07) is 3.71. The Hall–Kier alpha value is -0.206. The quantitative estimate of drug-likeness (QED) is 0.205. The highest BCUT2D eigenvalue weighted by molar-refractivity contribution is 6.74. The summed E-state index contributed by atoms with van der Waals surface area (Å²) < 4.78 is 13.7. The van der Waals surface area contributed by atoms with E-state index in [2.05, 4.69) is 94.5 Å². The molecule has 0 aromatic heterocycles. The van der Waals surface area contributed by atoms with E-state index in [1.54, 1.807) is 5.57 Å². The lowest BCUT2D eigenvalue weighted by atomic mass is 9.60. The van der Waals surface area contributed by atoms with Crippen molar-refractivity contribution in [3.8, 4) is 0 Å². The van der Waals surface area contributed by atoms with Crippen LogP contribution < -0.4 is 0 Å². The lowest BCUT2D eigenvalue weighted by Crippen LogP contribution is -2.45. The molecule has 0 amide bonds. The predicted octanol–water partition coefficient (Wildman–Crippen LogP) is 11.6. The molecule has 1 N–H and O–H groups in total. The topological polar surface area (TPSA) is 38.7 Å². The fourth-order valence-corrected chi connectivity index (χ4v) is 13.6. The lowest BCUT2D eigenvalue weighted by molar-refractivity contribution is 0.0664. The molecule has 0 saturated heterocycles. The second-order valence-corrected chi connectivity index (χ2v) is 26.9. The van der Waals surface area contributed by atoms with Crippen LogP contribution in [-0.4, -0.2) is 39.6 Å². The highest BCUT2D eigenvalue weighted by atomic mass is 28.4. The number of hydrogen-bond donors (Lipinski definition) is 1. The van der Waals surface area contributed by atoms with E-state index in [9.17, 15) is 5.11 Å². The van der Waals surface area contributed by atoms with Gasteiger partial charge in [-0.2, -0.15) is 0 Å². The van der Waals surface area contributed by atoms with Gasteiger partial charge in [-0.3, -0.25) is 0 Å². The zero-order valence-electron chi connectivity index (χ0n) is 30.7. The molecule has 6 atom stereocenters. The van der Waals surface area contributed by atoms with Gasteiger partial charge in [0.15, 0.2) is 16.6 Å². The first-order valence-corrected chi connectivity index (χ1v) is 23.8. The van der Waals surface area contributed by atoms with Crippen molar-refractivity contribution in [2.75, 3.05) is 0 Å². The molecule has 0 spiro atoms. The zero-order chi connectivity index (χ0) is 32.3. The standard InChI is InChI=1S/C38H72O3Si2/c1-13-43(14-2,15-3)41-37(8,9)24-16-18-29(4)34-22-23-35-31(19-17-25-38(34,35)10)21-20-30-26-32(39)28-33(27-30)40-42(11,12)36(5,6)7/h20-21,29,32-35,39H,13-19,22-28H2,1-12H3/b30-20+,31-21+/t29-,32+,33?,34-,35+,38-/m1/s1. The van der Waals surface area contributed by atoms with Crippen molar-refractivity contribution in [1.29, 1.82) is 0 Å². The van der Waals surface area contributed by atoms with Gasteiger partial charge in [-0.15, -0.1) is 0 Å². The highest BCUT2D eigenvalue weighted by Gasteiger charge is 2.50. The van der Waals surface area contributed by atoms with E-state index in [1.807, 2.05) is 0 Å². The second-order valence-electron chi connectivity index (χ2n) is 17.4. The van der Waals surface area contributed by atoms with E-state index < -0.39 is 16.6 Å². The summed E-state index contributed by atoms with van der Waals surface area (Å²) in [5.74, 6) is 2.33. The molecule has 0 aromatic rings. The van der Waals surface area contributed by atoms with Crippen LogP contribution in [0.3, 0.4) is 0 Å². The Morgan fingerprint density at radius 3 is 2.26 bits per heavy atom. The minimum absolute atomic E-state index is 0.00572. The molecule has 3 fully saturated rings. The largest absolute Gasteiger partial charge is 0.414 e. The first-order chi connectivity index (χ1) is 19.9. The average molecular weight is 633 g/mol. The van der Waals surface area contributed by atoms with E-state index in [1.165, 1.54) is 75.1 Å². The SMILES string of the molecule is CC[Si](CC)(CC)OC(C)(C)CCC[C@@H](C)[C@H]1CC[C@H]2/C(=C/C=C3/CC(O[Si](C)(C)C(C)(C)C)C[C@@H](O)C3)CCC[C@]12C. The van der Waals surface area contributed by atoms with E-state index in [0.717, 1.165) is 37.0 Å². The fourth-order valence-electron chi connectivity index (χ4n) is 9.06. The van der Waals surface area contributed by atoms with Gasteiger partial charge in [-0.25, -0.2) is 0 Å². The Labute approximate surface area is 270 Å². The summed E-state index contributed by atoms with van der Waals surface area (Å²) in [4.78, 5) is 0. The molecule has 0 aliphatic heterocycles. The molecule has 0 radical (unpaired) electrons. The highest BCUT2D eigenvalue weighted by Crippen LogP contribution is 2.60. The van der Waals surface area contributed by atoms with Gasteiger partial charge >= 0.3 is 0 Å². The second kappa shape index (κ2) is 14.7. The summed E-state index contributed by atoms with van der Waals surface area (Å²) in [5.41, 5.74) is 3.51. The number of aliphatic hydroxyl groups excluding tert-OH is 1. The van der Waals surface area contributed by atoms with Gasteiger partial charge in [0, 0.05) is 0 Å². The Morgan fingerprint density at radius 2 is 1.65 bits per heavy atom. The minimum Gasteiger partial charge on any atom is -0.414 e. The molecule has 0 aromatic carbocycles. The fraction of sp³-hybridized carbons (Fsp3) is 0.895. The van der Waals surface area contributed by atoms with Crippen molar-refractivity contribution in [2.24, 2.45) is 23.2 Å². The van der Waals surface area contributed by atoms with Gasteiger partial charge in [-0.1, -0.05) is 91.5 Å². The van der Waals surface area contributed by atoms with Gasteiger partial charge in [0.2, 0.25) is 0 Å². The summed E-state index contributed by atoms with van der Waals surface area (Å²) in [7, 11) is -3.42. The van der Waals surface area contributed by atoms with Crippen molar-refractivity contribution in [3.63, 3.8) is 0 Å². The van der Waals surface area contributed by atoms with Gasteiger partial charge in [-0.05, 0) is 131 Å². The normalized spacial score (nSPS) is 31.9. The molecule has 43 heavy (non-hydrogen) atoms. The number of rotatable bonds is 13. The maximum atomic E-state index is 10.8. The Balaban J connectivity index is 1.63. The van der Waals surface area contributed by atoms with Gasteiger partial charge in [0.05, 0.1) is 17.8 Å². The van der Waals surface area contributed by atoms with Crippen molar-refractivity contribution in [3.05, 3.63) is 23.3 Å². The molecule has 1 unspecified atom stereocenters. The molecule has 5 heteroatoms. The maximum absolute atomic E-state index is 10.8. The minimum atomic E-state index is -1.85. The molecule has 0 heterocycles. The summed E-state index contributed by atoms with van der Waals surface area (Å²) in [5, 5.41) is 11.0. The number of fused-ring (bicyclic) bond motifs is 1. The van der Waals surface area contributed by atoms with Crippen LogP contribution in [-0.2, 0) is 8.85 Å². The summed E-state index contributed by atoms with van der Waals surface area (Å²) in [6.45, 7) is 28.5. The number of hydrogen-bond acceptors (Lipinski definition) is 3. The van der Waals surface area contributed by atoms with E-state index in [4.69, 9.17) is 8.85 Å². The van der Waals surface area contributed by atoms with E-state index in [0.29, 0.717) is 5.41 Å². The third kappa shape index (κ3) is 9.20. The van der Waals surface area contributed by atoms with Crippen molar-refractivity contribution < 1.29 is 14.0 Å². The van der Waals surface area contributed by atoms with Crippen molar-refractivity contribution in [1.82, 2.24) is 0 Å². The lowest BCUT2D eigenvalue weighted by Gasteiger charge is -2.44. The molecule has 250 valence electrons. The van der Waals surface area contributed by atoms with Gasteiger partial charge < -0.3 is 14.0 Å². The van der Waals surface area contributed by atoms with Crippen LogP contribution in [0.2, 0.25) is 36.3 Å². The first kappa shape index (κ1) is 37.3. The molecule has 3 nitrogen and oxygen atoms in total. The molecule has 3 saturated carbocycles. The predicted molar refractivity (Wildman–Crippen MR) is 192 cm³/mol. The Kier molecular flexibility index (Phi) is 12.7. The van der Waals surface area contributed by atoms with E-state index >= 15 is 0 Å². The van der Waals surface area contributed by atoms with Gasteiger partial charge in [0.1, 0.15) is 0 Å². The van der Waals surface area contributed by atoms with Crippen LogP contribution >= 0.6 is 0 Å². The maximum Gasteiger partial charge on any atom is 0.192 e. The average Bonchev–Trinajstić information content (AvgIpc) is 3.27. The van der Waals surface area contributed by atoms with Crippen LogP contribution in [0.15, 0.2) is 23.3 Å². The Bertz CT molecular complexity index is 948. The first-order valence-electron chi connectivity index (χ1n) is 18.4. The van der Waals surface area contributed by atoms with Gasteiger partial charge in [0.25, 0.3) is 0 Å². The van der Waals surface area contributed by atoms with Crippen LogP contribution in [0, 0.1) is 23.2 Å². The Morgan fingerprint density at radius 1 is 1.00 bits per heavy atom. The molecule has 0 bridgehead atoms. The molecule has 3 rings (SSSR count). The number of allylic oxidation sites excluding steroid dienone is 3. The van der Waals surface area contributed by atoms with Crippen LogP contribution in [0.4, 0.5) is 0 Å². The molecular formula is C38H72O3Si2. The van der Waals surface area contributed by atoms with Crippen LogP contribution in [0.5, 0.6) is 0 Å². The summed E-state index contributed by atoms with van der Waals surface area (Å²) in [6.07, 6.45) is 17.8. The monoisotopic (exact) mass is 633 g/mol. The van der Waals surface area contributed by atoms with Crippen LogP contribution in [0.25, 0.3) is 0 Å². The van der Waals surface area contributed by atoms with Crippen molar-refractivity contribution in [2.45, 2.75) is 194 Å². The van der Waals surface area contributed by atoms with Crippen molar-refractivity contribution >= 4 is 16.6 Å².